The van der Waals surface area contributed by atoms with Crippen LogP contribution in [0.2, 0.25) is 0 Å². The molecule has 2 heterocycles. The van der Waals surface area contributed by atoms with Crippen LogP contribution < -0.4 is 5.32 Å². The van der Waals surface area contributed by atoms with Crippen LogP contribution in [0.4, 0.5) is 0 Å². The molecule has 1 saturated heterocycles. The third-order valence-electron chi connectivity index (χ3n) is 4.00. The average molecular weight is 252 g/mol. The molecule has 0 aromatic carbocycles. The van der Waals surface area contributed by atoms with Crippen LogP contribution >= 0.6 is 0 Å². The quantitative estimate of drug-likeness (QED) is 0.828. The zero-order valence-electron chi connectivity index (χ0n) is 11.6. The SMILES string of the molecule is CCCn1ncnc1CC1(CNC)CCOC1C. The Balaban J connectivity index is 2.15. The highest BCUT2D eigenvalue weighted by atomic mass is 16.5. The standard InChI is InChI=1S/C13H24N4O/c1-4-6-17-12(15-10-16-17)8-13(9-14-3)5-7-18-11(13)2/h10-11,14H,4-9H2,1-3H3. The molecule has 1 aromatic rings. The van der Waals surface area contributed by atoms with Crippen molar-refractivity contribution in [1.82, 2.24) is 20.1 Å². The Kier molecular flexibility index (Phi) is 4.35. The third-order valence-corrected chi connectivity index (χ3v) is 4.00. The van der Waals surface area contributed by atoms with Crippen LogP contribution in [0.3, 0.4) is 0 Å². The molecule has 2 rings (SSSR count). The van der Waals surface area contributed by atoms with Crippen molar-refractivity contribution < 1.29 is 4.74 Å². The third kappa shape index (κ3) is 2.57. The molecule has 5 heteroatoms. The largest absolute Gasteiger partial charge is 0.378 e. The van der Waals surface area contributed by atoms with Crippen LogP contribution in [-0.2, 0) is 17.7 Å². The van der Waals surface area contributed by atoms with E-state index in [1.807, 2.05) is 11.7 Å². The first kappa shape index (κ1) is 13.5. The van der Waals surface area contributed by atoms with Gasteiger partial charge in [-0.05, 0) is 26.8 Å². The van der Waals surface area contributed by atoms with Crippen LogP contribution in [0.15, 0.2) is 6.33 Å². The van der Waals surface area contributed by atoms with Crippen molar-refractivity contribution in [2.24, 2.45) is 5.41 Å². The summed E-state index contributed by atoms with van der Waals surface area (Å²) in [5.41, 5.74) is 0.160. The van der Waals surface area contributed by atoms with Gasteiger partial charge in [0.05, 0.1) is 6.10 Å². The van der Waals surface area contributed by atoms with Crippen LogP contribution in [0.25, 0.3) is 0 Å². The van der Waals surface area contributed by atoms with E-state index >= 15 is 0 Å². The fourth-order valence-electron chi connectivity index (χ4n) is 2.84. The predicted octanol–water partition coefficient (Wildman–Crippen LogP) is 1.25. The Hall–Kier alpha value is -0.940. The monoisotopic (exact) mass is 252 g/mol. The molecule has 2 unspecified atom stereocenters. The van der Waals surface area contributed by atoms with Crippen LogP contribution in [0.1, 0.15) is 32.5 Å². The van der Waals surface area contributed by atoms with Gasteiger partial charge >= 0.3 is 0 Å². The second kappa shape index (κ2) is 5.80. The van der Waals surface area contributed by atoms with Gasteiger partial charge in [-0.1, -0.05) is 6.92 Å². The summed E-state index contributed by atoms with van der Waals surface area (Å²) in [5, 5.41) is 7.62. The number of rotatable bonds is 6. The number of hydrogen-bond acceptors (Lipinski definition) is 4. The molecule has 5 nitrogen and oxygen atoms in total. The molecule has 0 aliphatic carbocycles. The van der Waals surface area contributed by atoms with Gasteiger partial charge in [0.15, 0.2) is 0 Å². The fourth-order valence-corrected chi connectivity index (χ4v) is 2.84. The van der Waals surface area contributed by atoms with Gasteiger partial charge < -0.3 is 10.1 Å². The smallest absolute Gasteiger partial charge is 0.138 e. The molecule has 0 bridgehead atoms. The normalized spacial score (nSPS) is 27.8. The van der Waals surface area contributed by atoms with Crippen LogP contribution in [0, 0.1) is 5.41 Å². The number of aromatic nitrogens is 3. The maximum Gasteiger partial charge on any atom is 0.138 e. The number of ether oxygens (including phenoxy) is 1. The van der Waals surface area contributed by atoms with E-state index in [9.17, 15) is 0 Å². The van der Waals surface area contributed by atoms with E-state index < -0.39 is 0 Å². The Bertz CT molecular complexity index is 379. The van der Waals surface area contributed by atoms with E-state index in [-0.39, 0.29) is 11.5 Å². The van der Waals surface area contributed by atoms with E-state index in [1.54, 1.807) is 6.33 Å². The summed E-state index contributed by atoms with van der Waals surface area (Å²) in [7, 11) is 2.00. The van der Waals surface area contributed by atoms with Gasteiger partial charge in [-0.25, -0.2) is 4.98 Å². The lowest BCUT2D eigenvalue weighted by Crippen LogP contribution is -2.40. The van der Waals surface area contributed by atoms with E-state index in [4.69, 9.17) is 4.74 Å². The zero-order valence-corrected chi connectivity index (χ0v) is 11.6. The molecule has 1 fully saturated rings. The van der Waals surface area contributed by atoms with Crippen LogP contribution in [-0.4, -0.2) is 41.1 Å². The molecule has 1 aliphatic rings. The first-order chi connectivity index (χ1) is 8.72. The van der Waals surface area contributed by atoms with E-state index in [0.717, 1.165) is 44.8 Å². The van der Waals surface area contributed by atoms with Gasteiger partial charge in [0.1, 0.15) is 12.2 Å². The number of hydrogen-bond donors (Lipinski definition) is 1. The van der Waals surface area contributed by atoms with Gasteiger partial charge in [0, 0.05) is 31.5 Å². The Morgan fingerprint density at radius 3 is 3.06 bits per heavy atom. The van der Waals surface area contributed by atoms with Gasteiger partial charge in [-0.15, -0.1) is 0 Å². The van der Waals surface area contributed by atoms with E-state index in [1.165, 1.54) is 0 Å². The first-order valence-electron chi connectivity index (χ1n) is 6.85. The van der Waals surface area contributed by atoms with E-state index in [0.29, 0.717) is 0 Å². The molecular weight excluding hydrogens is 228 g/mol. The molecular formula is C13H24N4O. The molecule has 0 saturated carbocycles. The summed E-state index contributed by atoms with van der Waals surface area (Å²) in [4.78, 5) is 4.43. The highest BCUT2D eigenvalue weighted by molar-refractivity contribution is 5.00. The summed E-state index contributed by atoms with van der Waals surface area (Å²) in [6.07, 6.45) is 5.06. The molecule has 0 amide bonds. The van der Waals surface area contributed by atoms with Crippen molar-refractivity contribution in [2.75, 3.05) is 20.2 Å². The molecule has 0 spiro atoms. The van der Waals surface area contributed by atoms with Gasteiger partial charge in [0.25, 0.3) is 0 Å². The topological polar surface area (TPSA) is 52.0 Å². The molecule has 18 heavy (non-hydrogen) atoms. The number of nitrogens with zero attached hydrogens (tertiary/aromatic N) is 3. The summed E-state index contributed by atoms with van der Waals surface area (Å²) >= 11 is 0. The van der Waals surface area contributed by atoms with Gasteiger partial charge in [-0.2, -0.15) is 5.10 Å². The molecule has 102 valence electrons. The Morgan fingerprint density at radius 2 is 2.44 bits per heavy atom. The van der Waals surface area contributed by atoms with Crippen molar-refractivity contribution >= 4 is 0 Å². The minimum Gasteiger partial charge on any atom is -0.378 e. The second-order valence-electron chi connectivity index (χ2n) is 5.23. The summed E-state index contributed by atoms with van der Waals surface area (Å²) in [6.45, 7) is 7.10. The van der Waals surface area contributed by atoms with Crippen molar-refractivity contribution in [1.29, 1.82) is 0 Å². The molecule has 0 radical (unpaired) electrons. The average Bonchev–Trinajstić information content (AvgIpc) is 2.90. The van der Waals surface area contributed by atoms with Crippen molar-refractivity contribution in [3.63, 3.8) is 0 Å². The maximum atomic E-state index is 5.77. The van der Waals surface area contributed by atoms with Crippen molar-refractivity contribution in [3.8, 4) is 0 Å². The first-order valence-corrected chi connectivity index (χ1v) is 6.85. The van der Waals surface area contributed by atoms with Gasteiger partial charge in [-0.3, -0.25) is 4.68 Å². The predicted molar refractivity (Wildman–Crippen MR) is 70.4 cm³/mol. The van der Waals surface area contributed by atoms with E-state index in [2.05, 4.69) is 29.2 Å². The number of aryl methyl sites for hydroxylation is 1. The number of nitrogens with one attached hydrogen (secondary N) is 1. The van der Waals surface area contributed by atoms with Crippen molar-refractivity contribution in [3.05, 3.63) is 12.2 Å². The maximum absolute atomic E-state index is 5.77. The molecule has 1 N–H and O–H groups in total. The highest BCUT2D eigenvalue weighted by Gasteiger charge is 2.42. The lowest BCUT2D eigenvalue weighted by atomic mass is 9.78. The Labute approximate surface area is 109 Å². The Morgan fingerprint density at radius 1 is 1.61 bits per heavy atom. The summed E-state index contributed by atoms with van der Waals surface area (Å²) < 4.78 is 7.80. The second-order valence-corrected chi connectivity index (χ2v) is 5.23. The summed E-state index contributed by atoms with van der Waals surface area (Å²) in [6, 6.07) is 0. The fraction of sp³-hybridized carbons (Fsp3) is 0.846. The highest BCUT2D eigenvalue weighted by Crippen LogP contribution is 2.37. The minimum atomic E-state index is 0.160. The lowest BCUT2D eigenvalue weighted by molar-refractivity contribution is 0.0624. The van der Waals surface area contributed by atoms with Crippen molar-refractivity contribution in [2.45, 2.75) is 45.8 Å². The summed E-state index contributed by atoms with van der Waals surface area (Å²) in [5.74, 6) is 1.09. The zero-order chi connectivity index (χ0) is 13.0. The minimum absolute atomic E-state index is 0.160. The van der Waals surface area contributed by atoms with Gasteiger partial charge in [0.2, 0.25) is 0 Å². The molecule has 1 aliphatic heterocycles. The van der Waals surface area contributed by atoms with Crippen LogP contribution in [0.5, 0.6) is 0 Å². The lowest BCUT2D eigenvalue weighted by Gasteiger charge is -2.31. The molecule has 2 atom stereocenters. The molecule has 1 aromatic heterocycles.